The van der Waals surface area contributed by atoms with Crippen molar-refractivity contribution in [1.82, 2.24) is 0 Å². The highest BCUT2D eigenvalue weighted by atomic mass is 16.6. The molecule has 0 radical (unpaired) electrons. The molecule has 0 aliphatic rings. The molecule has 6 nitrogen and oxygen atoms in total. The van der Waals surface area contributed by atoms with E-state index < -0.39 is 6.10 Å². The van der Waals surface area contributed by atoms with E-state index in [0.717, 1.165) is 116 Å². The largest absolute Gasteiger partial charge is 0.462 e. The highest BCUT2D eigenvalue weighted by Crippen LogP contribution is 2.16. The summed E-state index contributed by atoms with van der Waals surface area (Å²) < 4.78 is 16.7. The lowest BCUT2D eigenvalue weighted by Crippen LogP contribution is -2.30. The van der Waals surface area contributed by atoms with Crippen LogP contribution in [0.4, 0.5) is 0 Å². The van der Waals surface area contributed by atoms with Crippen LogP contribution in [0.15, 0.2) is 97.2 Å². The summed E-state index contributed by atoms with van der Waals surface area (Å²) >= 11 is 0. The predicted molar refractivity (Wildman–Crippen MR) is 325 cm³/mol. The van der Waals surface area contributed by atoms with Gasteiger partial charge in [-0.25, -0.2) is 0 Å². The Bertz CT molecular complexity index is 1480. The third kappa shape index (κ3) is 61.1. The summed E-state index contributed by atoms with van der Waals surface area (Å²) in [6.45, 7) is 6.43. The van der Waals surface area contributed by atoms with E-state index in [1.165, 1.54) is 148 Å². The molecule has 0 rings (SSSR count). The highest BCUT2D eigenvalue weighted by molar-refractivity contribution is 5.71. The third-order valence-corrected chi connectivity index (χ3v) is 13.6. The van der Waals surface area contributed by atoms with Gasteiger partial charge in [-0.3, -0.25) is 14.4 Å². The van der Waals surface area contributed by atoms with Gasteiger partial charge in [0.25, 0.3) is 0 Å². The van der Waals surface area contributed by atoms with Gasteiger partial charge < -0.3 is 14.2 Å². The lowest BCUT2D eigenvalue weighted by atomic mass is 10.0. The maximum Gasteiger partial charge on any atom is 0.306 e. The quantitative estimate of drug-likeness (QED) is 0.0261. The Balaban J connectivity index is 4.10. The molecule has 0 bridgehead atoms. The Kier molecular flexibility index (Phi) is 59.8. The molecule has 430 valence electrons. The predicted octanol–water partition coefficient (Wildman–Crippen LogP) is 21.7. The zero-order valence-electron chi connectivity index (χ0n) is 49.3. The van der Waals surface area contributed by atoms with Crippen molar-refractivity contribution in [3.63, 3.8) is 0 Å². The summed E-state index contributed by atoms with van der Waals surface area (Å²) in [5.74, 6) is -0.931. The van der Waals surface area contributed by atoms with Gasteiger partial charge in [-0.2, -0.15) is 0 Å². The van der Waals surface area contributed by atoms with E-state index in [0.29, 0.717) is 12.8 Å². The van der Waals surface area contributed by atoms with Gasteiger partial charge in [-0.05, 0) is 103 Å². The molecule has 0 N–H and O–H groups in total. The molecule has 0 spiro atoms. The van der Waals surface area contributed by atoms with E-state index in [1.54, 1.807) is 0 Å². The number of ether oxygens (including phenoxy) is 3. The third-order valence-electron chi connectivity index (χ3n) is 13.6. The average Bonchev–Trinajstić information content (AvgIpc) is 3.41. The van der Waals surface area contributed by atoms with Gasteiger partial charge in [-0.15, -0.1) is 0 Å². The number of allylic oxidation sites excluding steroid dienone is 16. The Hall–Kier alpha value is -3.67. The summed E-state index contributed by atoms with van der Waals surface area (Å²) in [6, 6.07) is 0. The molecule has 6 heteroatoms. The van der Waals surface area contributed by atoms with Gasteiger partial charge >= 0.3 is 17.9 Å². The van der Waals surface area contributed by atoms with Crippen LogP contribution in [-0.4, -0.2) is 37.2 Å². The molecule has 0 heterocycles. The van der Waals surface area contributed by atoms with Crippen molar-refractivity contribution in [2.75, 3.05) is 13.2 Å². The van der Waals surface area contributed by atoms with Crippen LogP contribution in [0, 0.1) is 0 Å². The first kappa shape index (κ1) is 71.3. The topological polar surface area (TPSA) is 78.9 Å². The lowest BCUT2D eigenvalue weighted by molar-refractivity contribution is -0.167. The maximum atomic E-state index is 12.8. The van der Waals surface area contributed by atoms with Gasteiger partial charge in [0.05, 0.1) is 0 Å². The molecular weight excluding hydrogens is 925 g/mol. The van der Waals surface area contributed by atoms with Crippen molar-refractivity contribution in [2.24, 2.45) is 0 Å². The van der Waals surface area contributed by atoms with Crippen molar-refractivity contribution in [2.45, 2.75) is 309 Å². The second kappa shape index (κ2) is 62.9. The van der Waals surface area contributed by atoms with Crippen LogP contribution in [-0.2, 0) is 28.6 Å². The molecule has 0 saturated heterocycles. The first-order valence-corrected chi connectivity index (χ1v) is 31.7. The minimum Gasteiger partial charge on any atom is -0.462 e. The van der Waals surface area contributed by atoms with Gasteiger partial charge in [0.15, 0.2) is 6.10 Å². The van der Waals surface area contributed by atoms with Crippen molar-refractivity contribution >= 4 is 17.9 Å². The normalized spacial score (nSPS) is 12.7. The number of hydrogen-bond acceptors (Lipinski definition) is 6. The summed E-state index contributed by atoms with van der Waals surface area (Å²) in [5.41, 5.74) is 0. The fraction of sp³-hybridized carbons (Fsp3) is 0.725. The number of unbranched alkanes of at least 4 members (excludes halogenated alkanes) is 30. The molecule has 75 heavy (non-hydrogen) atoms. The fourth-order valence-electron chi connectivity index (χ4n) is 8.83. The second-order valence-electron chi connectivity index (χ2n) is 20.9. The minimum atomic E-state index is -0.792. The van der Waals surface area contributed by atoms with Gasteiger partial charge in [0.2, 0.25) is 0 Å². The number of esters is 3. The standard InChI is InChI=1S/C69H118O6/c1-4-7-10-13-15-17-19-21-23-25-27-29-31-33-34-36-37-39-41-43-45-47-49-51-53-56-59-62-68(71)74-65-66(64-73-67(70)61-58-55-12-9-6-3)75-69(72)63-60-57-54-52-50-48-46-44-42-40-38-35-32-30-28-26-24-22-20-18-16-14-11-8-5-2/h8,11,16,18,22,24-25,27-28,30,35,38,42,44,48,50,66H,4-7,9-10,12-15,17,19-21,23,26,29,31-34,36-37,39-41,43,45-47,49,51-65H2,1-3H3/b11-8-,18-16-,24-22-,27-25-,30-28-,38-35-,44-42-,50-48-. The van der Waals surface area contributed by atoms with E-state index in [2.05, 4.69) is 118 Å². The van der Waals surface area contributed by atoms with Crippen molar-refractivity contribution in [3.8, 4) is 0 Å². The molecule has 0 fully saturated rings. The van der Waals surface area contributed by atoms with E-state index in [4.69, 9.17) is 14.2 Å². The Labute approximate surface area is 464 Å². The summed E-state index contributed by atoms with van der Waals surface area (Å²) in [6.07, 6.45) is 84.7. The van der Waals surface area contributed by atoms with Crippen molar-refractivity contribution in [3.05, 3.63) is 97.2 Å². The molecule has 0 aromatic heterocycles. The highest BCUT2D eigenvalue weighted by Gasteiger charge is 2.19. The lowest BCUT2D eigenvalue weighted by Gasteiger charge is -2.18. The van der Waals surface area contributed by atoms with Gasteiger partial charge in [0.1, 0.15) is 13.2 Å². The monoisotopic (exact) mass is 1040 g/mol. The van der Waals surface area contributed by atoms with E-state index in [-0.39, 0.29) is 37.5 Å². The van der Waals surface area contributed by atoms with Crippen LogP contribution in [0.1, 0.15) is 303 Å². The van der Waals surface area contributed by atoms with Gasteiger partial charge in [0, 0.05) is 19.3 Å². The number of hydrogen-bond donors (Lipinski definition) is 0. The van der Waals surface area contributed by atoms with Crippen molar-refractivity contribution in [1.29, 1.82) is 0 Å². The average molecular weight is 1040 g/mol. The van der Waals surface area contributed by atoms with E-state index >= 15 is 0 Å². The molecule has 0 amide bonds. The number of rotatable bonds is 57. The second-order valence-corrected chi connectivity index (χ2v) is 20.9. The molecular formula is C69H118O6. The summed E-state index contributed by atoms with van der Waals surface area (Å²) in [5, 5.41) is 0. The molecule has 0 aromatic carbocycles. The Morgan fingerprint density at radius 3 is 0.840 bits per heavy atom. The smallest absolute Gasteiger partial charge is 0.306 e. The van der Waals surface area contributed by atoms with Crippen LogP contribution >= 0.6 is 0 Å². The Morgan fingerprint density at radius 1 is 0.280 bits per heavy atom. The van der Waals surface area contributed by atoms with Crippen molar-refractivity contribution < 1.29 is 28.6 Å². The first-order chi connectivity index (χ1) is 37.0. The molecule has 0 aliphatic carbocycles. The first-order valence-electron chi connectivity index (χ1n) is 31.7. The summed E-state index contributed by atoms with van der Waals surface area (Å²) in [4.78, 5) is 37.9. The fourth-order valence-corrected chi connectivity index (χ4v) is 8.83. The Morgan fingerprint density at radius 2 is 0.520 bits per heavy atom. The van der Waals surface area contributed by atoms with E-state index in [1.807, 2.05) is 0 Å². The maximum absolute atomic E-state index is 12.8. The van der Waals surface area contributed by atoms with Crippen LogP contribution in [0.3, 0.4) is 0 Å². The minimum absolute atomic E-state index is 0.0900. The molecule has 0 aromatic rings. The van der Waals surface area contributed by atoms with Crippen LogP contribution < -0.4 is 0 Å². The zero-order chi connectivity index (χ0) is 54.3. The van der Waals surface area contributed by atoms with E-state index in [9.17, 15) is 14.4 Å². The molecule has 0 aliphatic heterocycles. The SMILES string of the molecule is CC/C=C\C/C=C\C/C=C\C/C=C\C/C=C\C/C=C\C/C=C\CCCCCC(=O)OC(COC(=O)CCCCCCC)COC(=O)CCCCCCCCCCCCCCCCC/C=C\CCCCCCCCCC. The van der Waals surface area contributed by atoms with Crippen LogP contribution in [0.5, 0.6) is 0 Å². The van der Waals surface area contributed by atoms with Crippen LogP contribution in [0.2, 0.25) is 0 Å². The molecule has 1 atom stereocenters. The summed E-state index contributed by atoms with van der Waals surface area (Å²) in [7, 11) is 0. The number of carbonyl (C=O) groups excluding carboxylic acids is 3. The zero-order valence-corrected chi connectivity index (χ0v) is 49.3. The van der Waals surface area contributed by atoms with Gasteiger partial charge in [-0.1, -0.05) is 279 Å². The molecule has 0 saturated carbocycles. The van der Waals surface area contributed by atoms with Crippen LogP contribution in [0.25, 0.3) is 0 Å². The molecule has 1 unspecified atom stereocenters. The number of carbonyl (C=O) groups is 3.